The van der Waals surface area contributed by atoms with Crippen molar-refractivity contribution in [1.29, 1.82) is 0 Å². The van der Waals surface area contributed by atoms with Crippen LogP contribution in [0.2, 0.25) is 0 Å². The number of halogens is 1. The molecular weight excluding hydrogens is 257 g/mol. The third-order valence-corrected chi connectivity index (χ3v) is 3.39. The summed E-state index contributed by atoms with van der Waals surface area (Å²) in [5, 5.41) is 0. The molecule has 0 atom stereocenters. The number of benzene rings is 2. The quantitative estimate of drug-likeness (QED) is 0.931. The van der Waals surface area contributed by atoms with E-state index in [1.807, 2.05) is 18.2 Å². The maximum Gasteiger partial charge on any atom is 0.161 e. The lowest BCUT2D eigenvalue weighted by atomic mass is 9.95. The fourth-order valence-corrected chi connectivity index (χ4v) is 2.24. The first-order chi connectivity index (χ1) is 9.62. The summed E-state index contributed by atoms with van der Waals surface area (Å²) in [4.78, 5) is 0. The minimum absolute atomic E-state index is 0.236. The smallest absolute Gasteiger partial charge is 0.161 e. The molecule has 3 nitrogen and oxygen atoms in total. The van der Waals surface area contributed by atoms with Crippen LogP contribution in [0.4, 0.5) is 4.39 Å². The van der Waals surface area contributed by atoms with E-state index in [4.69, 9.17) is 15.2 Å². The molecule has 0 bridgehead atoms. The van der Waals surface area contributed by atoms with E-state index in [-0.39, 0.29) is 5.82 Å². The largest absolute Gasteiger partial charge is 0.493 e. The highest BCUT2D eigenvalue weighted by atomic mass is 19.1. The van der Waals surface area contributed by atoms with Crippen LogP contribution in [0.5, 0.6) is 11.5 Å². The Balaban J connectivity index is 2.69. The van der Waals surface area contributed by atoms with Gasteiger partial charge in [-0.1, -0.05) is 12.1 Å². The zero-order valence-corrected chi connectivity index (χ0v) is 11.9. The van der Waals surface area contributed by atoms with Crippen LogP contribution in [-0.4, -0.2) is 14.2 Å². The van der Waals surface area contributed by atoms with Gasteiger partial charge in [-0.2, -0.15) is 0 Å². The predicted octanol–water partition coefficient (Wildman–Crippen LogP) is 3.28. The molecule has 4 heteroatoms. The summed E-state index contributed by atoms with van der Waals surface area (Å²) in [6, 6.07) is 8.68. The Morgan fingerprint density at radius 3 is 2.30 bits per heavy atom. The Morgan fingerprint density at radius 2 is 1.70 bits per heavy atom. The van der Waals surface area contributed by atoms with Crippen molar-refractivity contribution in [1.82, 2.24) is 0 Å². The molecule has 2 N–H and O–H groups in total. The molecule has 0 fully saturated rings. The maximum atomic E-state index is 13.7. The van der Waals surface area contributed by atoms with E-state index in [0.717, 1.165) is 16.7 Å². The molecule has 20 heavy (non-hydrogen) atoms. The highest BCUT2D eigenvalue weighted by Gasteiger charge is 2.14. The lowest BCUT2D eigenvalue weighted by molar-refractivity contribution is 0.354. The van der Waals surface area contributed by atoms with Crippen molar-refractivity contribution in [3.05, 3.63) is 47.3 Å². The summed E-state index contributed by atoms with van der Waals surface area (Å²) in [6.07, 6.45) is 0. The molecule has 2 rings (SSSR count). The van der Waals surface area contributed by atoms with Crippen LogP contribution in [0.15, 0.2) is 30.3 Å². The van der Waals surface area contributed by atoms with Gasteiger partial charge >= 0.3 is 0 Å². The lowest BCUT2D eigenvalue weighted by Crippen LogP contribution is -2.02. The second kappa shape index (κ2) is 5.92. The van der Waals surface area contributed by atoms with Crippen molar-refractivity contribution in [3.8, 4) is 22.6 Å². The van der Waals surface area contributed by atoms with E-state index < -0.39 is 0 Å². The molecule has 0 spiro atoms. The van der Waals surface area contributed by atoms with Gasteiger partial charge in [0.1, 0.15) is 5.82 Å². The molecule has 0 saturated heterocycles. The topological polar surface area (TPSA) is 44.5 Å². The summed E-state index contributed by atoms with van der Waals surface area (Å²) in [6.45, 7) is 2.09. The zero-order valence-electron chi connectivity index (χ0n) is 11.9. The van der Waals surface area contributed by atoms with Gasteiger partial charge in [-0.05, 0) is 47.4 Å². The number of nitrogens with two attached hydrogens (primary N) is 1. The second-order valence-electron chi connectivity index (χ2n) is 4.48. The van der Waals surface area contributed by atoms with Gasteiger partial charge in [-0.25, -0.2) is 4.39 Å². The second-order valence-corrected chi connectivity index (χ2v) is 4.48. The highest BCUT2D eigenvalue weighted by molar-refractivity contribution is 5.74. The van der Waals surface area contributed by atoms with Crippen molar-refractivity contribution < 1.29 is 13.9 Å². The Morgan fingerprint density at radius 1 is 1.05 bits per heavy atom. The standard InChI is InChI=1S/C16H18FNO2/c1-10-12(5-4-6-14(10)17)13-8-16(20-3)15(19-2)7-11(13)9-18/h4-8H,9,18H2,1-3H3. The lowest BCUT2D eigenvalue weighted by Gasteiger charge is -2.16. The number of hydrogen-bond donors (Lipinski definition) is 1. The Kier molecular flexibility index (Phi) is 4.25. The molecular formula is C16H18FNO2. The van der Waals surface area contributed by atoms with Crippen molar-refractivity contribution in [2.24, 2.45) is 5.73 Å². The van der Waals surface area contributed by atoms with Crippen molar-refractivity contribution >= 4 is 0 Å². The van der Waals surface area contributed by atoms with Crippen molar-refractivity contribution in [2.45, 2.75) is 13.5 Å². The van der Waals surface area contributed by atoms with Gasteiger partial charge in [-0.3, -0.25) is 0 Å². The number of rotatable bonds is 4. The van der Waals surface area contributed by atoms with Crippen LogP contribution in [0.3, 0.4) is 0 Å². The molecule has 0 aliphatic rings. The van der Waals surface area contributed by atoms with E-state index in [2.05, 4.69) is 0 Å². The first kappa shape index (κ1) is 14.3. The van der Waals surface area contributed by atoms with E-state index in [0.29, 0.717) is 23.6 Å². The summed E-state index contributed by atoms with van der Waals surface area (Å²) >= 11 is 0. The van der Waals surface area contributed by atoms with Gasteiger partial charge < -0.3 is 15.2 Å². The molecule has 0 radical (unpaired) electrons. The number of hydrogen-bond acceptors (Lipinski definition) is 3. The number of methoxy groups -OCH3 is 2. The molecule has 2 aromatic carbocycles. The SMILES string of the molecule is COc1cc(CN)c(-c2cccc(F)c2C)cc1OC. The van der Waals surface area contributed by atoms with Gasteiger partial charge in [0.2, 0.25) is 0 Å². The van der Waals surface area contributed by atoms with Gasteiger partial charge in [0.15, 0.2) is 11.5 Å². The monoisotopic (exact) mass is 275 g/mol. The van der Waals surface area contributed by atoms with Crippen LogP contribution < -0.4 is 15.2 Å². The fourth-order valence-electron chi connectivity index (χ4n) is 2.24. The minimum atomic E-state index is -0.236. The Hall–Kier alpha value is -2.07. The first-order valence-corrected chi connectivity index (χ1v) is 6.32. The van der Waals surface area contributed by atoms with E-state index in [1.54, 1.807) is 27.2 Å². The molecule has 0 unspecified atom stereocenters. The molecule has 2 aromatic rings. The normalized spacial score (nSPS) is 10.4. The van der Waals surface area contributed by atoms with Crippen molar-refractivity contribution in [3.63, 3.8) is 0 Å². The summed E-state index contributed by atoms with van der Waals surface area (Å²) in [5.41, 5.74) is 8.95. The molecule has 0 amide bonds. The average Bonchev–Trinajstić information content (AvgIpc) is 2.48. The molecule has 0 aliphatic heterocycles. The maximum absolute atomic E-state index is 13.7. The molecule has 0 aromatic heterocycles. The summed E-state index contributed by atoms with van der Waals surface area (Å²) in [5.74, 6) is 0.981. The van der Waals surface area contributed by atoms with Crippen LogP contribution in [0, 0.1) is 12.7 Å². The highest BCUT2D eigenvalue weighted by Crippen LogP contribution is 2.37. The van der Waals surface area contributed by atoms with Gasteiger partial charge in [0.05, 0.1) is 14.2 Å². The van der Waals surface area contributed by atoms with E-state index in [1.165, 1.54) is 6.07 Å². The number of ether oxygens (including phenoxy) is 2. The molecule has 0 heterocycles. The average molecular weight is 275 g/mol. The van der Waals surface area contributed by atoms with Crippen molar-refractivity contribution in [2.75, 3.05) is 14.2 Å². The first-order valence-electron chi connectivity index (χ1n) is 6.32. The zero-order chi connectivity index (χ0) is 14.7. The summed E-state index contributed by atoms with van der Waals surface area (Å²) < 4.78 is 24.3. The van der Waals surface area contributed by atoms with Crippen LogP contribution in [0.1, 0.15) is 11.1 Å². The van der Waals surface area contributed by atoms with E-state index in [9.17, 15) is 4.39 Å². The molecule has 0 saturated carbocycles. The fraction of sp³-hybridized carbons (Fsp3) is 0.250. The van der Waals surface area contributed by atoms with Crippen LogP contribution in [-0.2, 0) is 6.54 Å². The predicted molar refractivity (Wildman–Crippen MR) is 77.6 cm³/mol. The van der Waals surface area contributed by atoms with Crippen LogP contribution in [0.25, 0.3) is 11.1 Å². The third kappa shape index (κ3) is 2.47. The summed E-state index contributed by atoms with van der Waals surface area (Å²) in [7, 11) is 3.15. The van der Waals surface area contributed by atoms with Gasteiger partial charge in [0, 0.05) is 6.54 Å². The van der Waals surface area contributed by atoms with Gasteiger partial charge in [0.25, 0.3) is 0 Å². The Labute approximate surface area is 118 Å². The molecule has 106 valence electrons. The molecule has 0 aliphatic carbocycles. The minimum Gasteiger partial charge on any atom is -0.493 e. The Bertz CT molecular complexity index is 626. The third-order valence-electron chi connectivity index (χ3n) is 3.39. The van der Waals surface area contributed by atoms with E-state index >= 15 is 0 Å². The van der Waals surface area contributed by atoms with Crippen LogP contribution >= 0.6 is 0 Å². The van der Waals surface area contributed by atoms with Gasteiger partial charge in [-0.15, -0.1) is 0 Å².